The van der Waals surface area contributed by atoms with Crippen LogP contribution in [-0.4, -0.2) is 30.4 Å². The molecule has 0 radical (unpaired) electrons. The topological polar surface area (TPSA) is 42.3 Å². The zero-order valence-electron chi connectivity index (χ0n) is 16.1. The molecule has 1 aromatic heterocycles. The molecule has 142 valence electrons. The minimum absolute atomic E-state index is 0.405. The zero-order chi connectivity index (χ0) is 19.2. The first-order valence-corrected chi connectivity index (χ1v) is 10.9. The fourth-order valence-electron chi connectivity index (χ4n) is 4.13. The highest BCUT2D eigenvalue weighted by Gasteiger charge is 2.31. The van der Waals surface area contributed by atoms with Gasteiger partial charge in [0, 0.05) is 37.2 Å². The number of piperidine rings is 1. The van der Waals surface area contributed by atoms with Crippen molar-refractivity contribution in [3.05, 3.63) is 65.4 Å². The van der Waals surface area contributed by atoms with E-state index in [0.29, 0.717) is 23.9 Å². The molecule has 2 heterocycles. The van der Waals surface area contributed by atoms with Crippen LogP contribution in [0.1, 0.15) is 35.4 Å². The Hall–Kier alpha value is -2.11. The Morgan fingerprint density at radius 3 is 2.37 bits per heavy atom. The van der Waals surface area contributed by atoms with E-state index >= 15 is 0 Å². The maximum atomic E-state index is 13.0. The van der Waals surface area contributed by atoms with Gasteiger partial charge >= 0.3 is 0 Å². The van der Waals surface area contributed by atoms with Crippen LogP contribution in [0, 0.1) is 13.8 Å². The summed E-state index contributed by atoms with van der Waals surface area (Å²) in [4.78, 5) is 0.411. The third kappa shape index (κ3) is 3.19. The lowest BCUT2D eigenvalue weighted by molar-refractivity contribution is 0.320. The van der Waals surface area contributed by atoms with Gasteiger partial charge in [-0.3, -0.25) is 0 Å². The monoisotopic (exact) mass is 382 g/mol. The van der Waals surface area contributed by atoms with Crippen LogP contribution in [0.5, 0.6) is 0 Å². The fourth-order valence-corrected chi connectivity index (χ4v) is 5.68. The number of nitrogens with zero attached hydrogens (tertiary/aromatic N) is 2. The van der Waals surface area contributed by atoms with Gasteiger partial charge in [-0.15, -0.1) is 0 Å². The molecule has 3 aromatic rings. The lowest BCUT2D eigenvalue weighted by Crippen LogP contribution is -2.37. The Bertz CT molecular complexity index is 1090. The number of aryl methyl sites for hydroxylation is 3. The Morgan fingerprint density at radius 2 is 1.67 bits per heavy atom. The first-order valence-electron chi connectivity index (χ1n) is 9.49. The number of rotatable bonds is 3. The predicted octanol–water partition coefficient (Wildman–Crippen LogP) is 4.36. The van der Waals surface area contributed by atoms with Gasteiger partial charge in [-0.1, -0.05) is 24.3 Å². The quantitative estimate of drug-likeness (QED) is 0.675. The van der Waals surface area contributed by atoms with E-state index < -0.39 is 10.0 Å². The molecule has 1 aliphatic heterocycles. The number of hydrogen-bond donors (Lipinski definition) is 0. The van der Waals surface area contributed by atoms with Gasteiger partial charge in [0.05, 0.1) is 4.90 Å². The molecule has 0 unspecified atom stereocenters. The Kier molecular flexibility index (Phi) is 4.60. The number of para-hydroxylation sites is 1. The van der Waals surface area contributed by atoms with E-state index in [1.54, 1.807) is 16.4 Å². The summed E-state index contributed by atoms with van der Waals surface area (Å²) >= 11 is 0. The van der Waals surface area contributed by atoms with Crippen molar-refractivity contribution in [1.82, 2.24) is 8.87 Å². The molecule has 5 heteroatoms. The summed E-state index contributed by atoms with van der Waals surface area (Å²) in [5.74, 6) is 0.405. The van der Waals surface area contributed by atoms with Crippen molar-refractivity contribution in [3.63, 3.8) is 0 Å². The molecule has 0 saturated carbocycles. The third-order valence-corrected chi connectivity index (χ3v) is 7.83. The van der Waals surface area contributed by atoms with Gasteiger partial charge in [-0.2, -0.15) is 4.31 Å². The summed E-state index contributed by atoms with van der Waals surface area (Å²) in [6, 6.07) is 13.9. The first-order chi connectivity index (χ1) is 12.9. The van der Waals surface area contributed by atoms with Gasteiger partial charge in [0.25, 0.3) is 0 Å². The second kappa shape index (κ2) is 6.80. The minimum Gasteiger partial charge on any atom is -0.350 e. The van der Waals surface area contributed by atoms with Crippen molar-refractivity contribution in [3.8, 4) is 0 Å². The van der Waals surface area contributed by atoms with Gasteiger partial charge in [-0.25, -0.2) is 8.42 Å². The molecule has 4 rings (SSSR count). The summed E-state index contributed by atoms with van der Waals surface area (Å²) in [5.41, 5.74) is 4.71. The van der Waals surface area contributed by atoms with Crippen molar-refractivity contribution >= 4 is 20.9 Å². The Labute approximate surface area is 161 Å². The molecule has 1 aliphatic rings. The maximum absolute atomic E-state index is 13.0. The molecule has 4 nitrogen and oxygen atoms in total. The summed E-state index contributed by atoms with van der Waals surface area (Å²) < 4.78 is 29.9. The number of fused-ring (bicyclic) bond motifs is 1. The highest BCUT2D eigenvalue weighted by molar-refractivity contribution is 7.89. The van der Waals surface area contributed by atoms with Crippen LogP contribution in [0.15, 0.2) is 53.6 Å². The fraction of sp³-hybridized carbons (Fsp3) is 0.364. The Morgan fingerprint density at radius 1 is 0.963 bits per heavy atom. The molecular formula is C22H26N2O2S. The van der Waals surface area contributed by atoms with E-state index in [0.717, 1.165) is 24.0 Å². The smallest absolute Gasteiger partial charge is 0.243 e. The molecule has 0 amide bonds. The van der Waals surface area contributed by atoms with E-state index in [-0.39, 0.29) is 0 Å². The number of hydrogen-bond acceptors (Lipinski definition) is 2. The zero-order valence-corrected chi connectivity index (χ0v) is 17.0. The second-order valence-corrected chi connectivity index (χ2v) is 9.57. The maximum Gasteiger partial charge on any atom is 0.243 e. The first kappa shape index (κ1) is 18.3. The SMILES string of the molecule is Cc1ccc(S(=O)(=O)N2CCC(c3cn(C)c4ccccc34)CC2)cc1C. The molecule has 27 heavy (non-hydrogen) atoms. The average Bonchev–Trinajstić information content (AvgIpc) is 3.01. The van der Waals surface area contributed by atoms with Crippen LogP contribution in [-0.2, 0) is 17.1 Å². The lowest BCUT2D eigenvalue weighted by atomic mass is 9.90. The number of aromatic nitrogens is 1. The Balaban J connectivity index is 1.55. The van der Waals surface area contributed by atoms with Crippen molar-refractivity contribution in [2.24, 2.45) is 7.05 Å². The molecule has 0 bridgehead atoms. The van der Waals surface area contributed by atoms with E-state index in [4.69, 9.17) is 0 Å². The average molecular weight is 383 g/mol. The van der Waals surface area contributed by atoms with Crippen LogP contribution in [0.3, 0.4) is 0 Å². The van der Waals surface area contributed by atoms with Crippen LogP contribution >= 0.6 is 0 Å². The number of benzene rings is 2. The second-order valence-electron chi connectivity index (χ2n) is 7.64. The van der Waals surface area contributed by atoms with Gasteiger partial charge < -0.3 is 4.57 Å². The molecule has 0 atom stereocenters. The predicted molar refractivity (Wildman–Crippen MR) is 110 cm³/mol. The largest absolute Gasteiger partial charge is 0.350 e. The van der Waals surface area contributed by atoms with E-state index in [1.165, 1.54) is 16.5 Å². The van der Waals surface area contributed by atoms with Crippen molar-refractivity contribution in [1.29, 1.82) is 0 Å². The van der Waals surface area contributed by atoms with E-state index in [9.17, 15) is 8.42 Å². The highest BCUT2D eigenvalue weighted by atomic mass is 32.2. The molecule has 1 saturated heterocycles. The van der Waals surface area contributed by atoms with Crippen molar-refractivity contribution < 1.29 is 8.42 Å². The van der Waals surface area contributed by atoms with Gasteiger partial charge in [0.15, 0.2) is 0 Å². The molecule has 0 N–H and O–H groups in total. The lowest BCUT2D eigenvalue weighted by Gasteiger charge is -2.31. The molecule has 2 aromatic carbocycles. The number of sulfonamides is 1. The van der Waals surface area contributed by atoms with Crippen LogP contribution < -0.4 is 0 Å². The van der Waals surface area contributed by atoms with Crippen LogP contribution in [0.25, 0.3) is 10.9 Å². The standard InChI is InChI=1S/C22H26N2O2S/c1-16-8-9-19(14-17(16)2)27(25,26)24-12-10-18(11-13-24)21-15-23(3)22-7-5-4-6-20(21)22/h4-9,14-15,18H,10-13H2,1-3H3. The van der Waals surface area contributed by atoms with Crippen molar-refractivity contribution in [2.75, 3.05) is 13.1 Å². The molecule has 0 aliphatic carbocycles. The third-order valence-electron chi connectivity index (χ3n) is 5.94. The summed E-state index contributed by atoms with van der Waals surface area (Å²) in [6.45, 7) is 5.11. The summed E-state index contributed by atoms with van der Waals surface area (Å²) in [7, 11) is -1.34. The van der Waals surface area contributed by atoms with Gasteiger partial charge in [-0.05, 0) is 67.5 Å². The molecule has 0 spiro atoms. The summed E-state index contributed by atoms with van der Waals surface area (Å²) in [5, 5.41) is 1.29. The van der Waals surface area contributed by atoms with Crippen LogP contribution in [0.4, 0.5) is 0 Å². The van der Waals surface area contributed by atoms with E-state index in [2.05, 4.69) is 42.1 Å². The van der Waals surface area contributed by atoms with E-state index in [1.807, 2.05) is 19.9 Å². The van der Waals surface area contributed by atoms with Gasteiger partial charge in [0.2, 0.25) is 10.0 Å². The van der Waals surface area contributed by atoms with Crippen LogP contribution in [0.2, 0.25) is 0 Å². The highest BCUT2D eigenvalue weighted by Crippen LogP contribution is 2.35. The minimum atomic E-state index is -3.42. The normalized spacial score (nSPS) is 16.9. The van der Waals surface area contributed by atoms with Gasteiger partial charge in [0.1, 0.15) is 0 Å². The molecular weight excluding hydrogens is 356 g/mol. The molecule has 1 fully saturated rings. The summed E-state index contributed by atoms with van der Waals surface area (Å²) in [6.07, 6.45) is 3.93. The van der Waals surface area contributed by atoms with Crippen molar-refractivity contribution in [2.45, 2.75) is 37.5 Å².